The smallest absolute Gasteiger partial charge is 0.227 e. The molecule has 2 bridgehead atoms. The predicted molar refractivity (Wildman–Crippen MR) is 105 cm³/mol. The highest BCUT2D eigenvalue weighted by Gasteiger charge is 2.40. The van der Waals surface area contributed by atoms with Gasteiger partial charge in [0.05, 0.1) is 16.8 Å². The third-order valence-electron chi connectivity index (χ3n) is 5.36. The van der Waals surface area contributed by atoms with Gasteiger partial charge in [0.2, 0.25) is 5.91 Å². The van der Waals surface area contributed by atoms with E-state index in [1.807, 2.05) is 26.0 Å². The number of carbonyl (C=O) groups is 1. The molecule has 2 unspecified atom stereocenters. The van der Waals surface area contributed by atoms with Crippen molar-refractivity contribution in [3.05, 3.63) is 23.2 Å². The van der Waals surface area contributed by atoms with Gasteiger partial charge in [-0.15, -0.1) is 12.4 Å². The minimum Gasteiger partial charge on any atom is -0.487 e. The van der Waals surface area contributed by atoms with Crippen LogP contribution in [0, 0.1) is 17.8 Å². The Morgan fingerprint density at radius 2 is 1.92 bits per heavy atom. The van der Waals surface area contributed by atoms with Crippen LogP contribution in [0.1, 0.15) is 46.0 Å². The Morgan fingerprint density at radius 3 is 2.52 bits per heavy atom. The van der Waals surface area contributed by atoms with Crippen LogP contribution in [-0.4, -0.2) is 18.1 Å². The van der Waals surface area contributed by atoms with Gasteiger partial charge in [-0.25, -0.2) is 0 Å². The van der Waals surface area contributed by atoms with Crippen molar-refractivity contribution in [2.24, 2.45) is 23.5 Å². The van der Waals surface area contributed by atoms with Crippen molar-refractivity contribution in [1.29, 1.82) is 0 Å². The van der Waals surface area contributed by atoms with E-state index in [4.69, 9.17) is 22.1 Å². The summed E-state index contributed by atoms with van der Waals surface area (Å²) in [6.07, 6.45) is 5.33. The van der Waals surface area contributed by atoms with Crippen molar-refractivity contribution < 1.29 is 9.53 Å². The Kier molecular flexibility index (Phi) is 7.01. The average Bonchev–Trinajstić information content (AvgIpc) is 2.50. The molecule has 25 heavy (non-hydrogen) atoms. The zero-order valence-corrected chi connectivity index (χ0v) is 16.4. The van der Waals surface area contributed by atoms with Gasteiger partial charge >= 0.3 is 0 Å². The molecule has 140 valence electrons. The first-order chi connectivity index (χ1) is 11.5. The molecule has 2 saturated carbocycles. The van der Waals surface area contributed by atoms with Crippen molar-refractivity contribution in [1.82, 2.24) is 0 Å². The number of hydrogen-bond acceptors (Lipinski definition) is 3. The van der Waals surface area contributed by atoms with Gasteiger partial charge in [-0.2, -0.15) is 0 Å². The van der Waals surface area contributed by atoms with E-state index in [-0.39, 0.29) is 36.4 Å². The number of benzene rings is 1. The molecule has 1 aromatic carbocycles. The van der Waals surface area contributed by atoms with Gasteiger partial charge in [-0.05, 0) is 63.5 Å². The second-order valence-corrected chi connectivity index (χ2v) is 7.88. The molecule has 1 aromatic rings. The van der Waals surface area contributed by atoms with Gasteiger partial charge in [0.15, 0.2) is 5.75 Å². The van der Waals surface area contributed by atoms with Crippen LogP contribution in [0.25, 0.3) is 0 Å². The summed E-state index contributed by atoms with van der Waals surface area (Å²) in [6.45, 7) is 3.89. The van der Waals surface area contributed by atoms with Crippen LogP contribution in [0.4, 0.5) is 5.69 Å². The summed E-state index contributed by atoms with van der Waals surface area (Å²) >= 11 is 6.25. The Labute approximate surface area is 161 Å². The molecule has 0 aliphatic heterocycles. The highest BCUT2D eigenvalue weighted by Crippen LogP contribution is 2.42. The van der Waals surface area contributed by atoms with E-state index in [0.29, 0.717) is 28.3 Å². The lowest BCUT2D eigenvalue weighted by Gasteiger charge is -2.43. The van der Waals surface area contributed by atoms with E-state index in [9.17, 15) is 4.79 Å². The fraction of sp³-hybridized carbons (Fsp3) is 0.632. The van der Waals surface area contributed by atoms with Gasteiger partial charge in [-0.1, -0.05) is 24.1 Å². The molecule has 2 aliphatic carbocycles. The molecule has 4 nitrogen and oxygen atoms in total. The molecular weight excluding hydrogens is 359 g/mol. The Bertz CT molecular complexity index is 595. The Hall–Kier alpha value is -0.970. The summed E-state index contributed by atoms with van der Waals surface area (Å²) in [5, 5.41) is 3.56. The molecule has 3 rings (SSSR count). The number of anilines is 1. The highest BCUT2D eigenvalue weighted by atomic mass is 35.5. The largest absolute Gasteiger partial charge is 0.487 e. The number of para-hydroxylation sites is 1. The summed E-state index contributed by atoms with van der Waals surface area (Å²) in [6, 6.07) is 5.72. The first kappa shape index (κ1) is 20.3. The number of rotatable bonds is 4. The van der Waals surface area contributed by atoms with Gasteiger partial charge in [0.25, 0.3) is 0 Å². The predicted octanol–water partition coefficient (Wildman–Crippen LogP) is 4.64. The molecule has 2 atom stereocenters. The van der Waals surface area contributed by atoms with E-state index in [1.165, 1.54) is 6.42 Å². The zero-order chi connectivity index (χ0) is 17.3. The molecule has 2 fully saturated rings. The lowest BCUT2D eigenvalue weighted by Crippen LogP contribution is -2.48. The third kappa shape index (κ3) is 4.60. The lowest BCUT2D eigenvalue weighted by atomic mass is 9.65. The van der Waals surface area contributed by atoms with E-state index < -0.39 is 0 Å². The zero-order valence-electron chi connectivity index (χ0n) is 14.8. The Morgan fingerprint density at radius 1 is 1.28 bits per heavy atom. The molecule has 1 amide bonds. The first-order valence-corrected chi connectivity index (χ1v) is 9.35. The van der Waals surface area contributed by atoms with Gasteiger partial charge < -0.3 is 15.8 Å². The van der Waals surface area contributed by atoms with Crippen LogP contribution in [0.3, 0.4) is 0 Å². The summed E-state index contributed by atoms with van der Waals surface area (Å²) in [5.41, 5.74) is 6.98. The SMILES string of the molecule is CC(C)Oc1c(Cl)cccc1NC(=O)C1CC2CCCC(C1)C2N.Cl. The number of halogens is 2. The van der Waals surface area contributed by atoms with E-state index >= 15 is 0 Å². The van der Waals surface area contributed by atoms with Crippen molar-refractivity contribution in [3.8, 4) is 5.75 Å². The monoisotopic (exact) mass is 386 g/mol. The number of amides is 1. The number of ether oxygens (including phenoxy) is 1. The van der Waals surface area contributed by atoms with E-state index in [1.54, 1.807) is 6.07 Å². The number of nitrogens with one attached hydrogen (secondary N) is 1. The molecule has 2 aliphatic rings. The molecular formula is C19H28Cl2N2O2. The average molecular weight is 387 g/mol. The van der Waals surface area contributed by atoms with Crippen LogP contribution >= 0.6 is 24.0 Å². The molecule has 0 radical (unpaired) electrons. The van der Waals surface area contributed by atoms with E-state index in [2.05, 4.69) is 5.32 Å². The minimum absolute atomic E-state index is 0. The van der Waals surface area contributed by atoms with Crippen LogP contribution in [-0.2, 0) is 4.79 Å². The quantitative estimate of drug-likeness (QED) is 0.791. The number of nitrogens with two attached hydrogens (primary N) is 1. The van der Waals surface area contributed by atoms with Gasteiger partial charge in [0, 0.05) is 12.0 Å². The molecule has 0 saturated heterocycles. The van der Waals surface area contributed by atoms with Crippen LogP contribution < -0.4 is 15.8 Å². The topological polar surface area (TPSA) is 64.3 Å². The van der Waals surface area contributed by atoms with Crippen molar-refractivity contribution in [3.63, 3.8) is 0 Å². The number of carbonyl (C=O) groups excluding carboxylic acids is 1. The maximum atomic E-state index is 12.8. The third-order valence-corrected chi connectivity index (χ3v) is 5.66. The van der Waals surface area contributed by atoms with E-state index in [0.717, 1.165) is 25.7 Å². The highest BCUT2D eigenvalue weighted by molar-refractivity contribution is 6.32. The standard InChI is InChI=1S/C19H27ClN2O2.ClH/c1-11(2)24-18-15(20)7-4-8-16(18)22-19(23)14-9-12-5-3-6-13(10-14)17(12)21;/h4,7-8,11-14,17H,3,5-6,9-10,21H2,1-2H3,(H,22,23);1H. The Balaban J connectivity index is 0.00000225. The van der Waals surface area contributed by atoms with Crippen molar-refractivity contribution in [2.75, 3.05) is 5.32 Å². The van der Waals surface area contributed by atoms with Gasteiger partial charge in [-0.3, -0.25) is 4.79 Å². The maximum Gasteiger partial charge on any atom is 0.227 e. The van der Waals surface area contributed by atoms with Crippen molar-refractivity contribution >= 4 is 35.6 Å². The van der Waals surface area contributed by atoms with Crippen LogP contribution in [0.15, 0.2) is 18.2 Å². The number of hydrogen-bond donors (Lipinski definition) is 2. The molecule has 0 spiro atoms. The van der Waals surface area contributed by atoms with Crippen LogP contribution in [0.2, 0.25) is 5.02 Å². The second-order valence-electron chi connectivity index (χ2n) is 7.47. The number of fused-ring (bicyclic) bond motifs is 2. The summed E-state index contributed by atoms with van der Waals surface area (Å²) < 4.78 is 5.79. The fourth-order valence-electron chi connectivity index (χ4n) is 4.20. The lowest BCUT2D eigenvalue weighted by molar-refractivity contribution is -0.122. The first-order valence-electron chi connectivity index (χ1n) is 8.97. The summed E-state index contributed by atoms with van der Waals surface area (Å²) in [7, 11) is 0. The fourth-order valence-corrected chi connectivity index (χ4v) is 4.42. The van der Waals surface area contributed by atoms with Crippen molar-refractivity contribution in [2.45, 2.75) is 58.1 Å². The summed E-state index contributed by atoms with van der Waals surface area (Å²) in [4.78, 5) is 12.8. The maximum absolute atomic E-state index is 12.8. The summed E-state index contributed by atoms with van der Waals surface area (Å²) in [5.74, 6) is 1.62. The molecule has 0 aromatic heterocycles. The second kappa shape index (κ2) is 8.61. The molecule has 0 heterocycles. The molecule has 6 heteroatoms. The normalized spacial score (nSPS) is 28.2. The minimum atomic E-state index is -0.00686. The molecule has 3 N–H and O–H groups in total. The van der Waals surface area contributed by atoms with Crippen LogP contribution in [0.5, 0.6) is 5.75 Å². The van der Waals surface area contributed by atoms with Gasteiger partial charge in [0.1, 0.15) is 0 Å².